The molecule has 2 heterocycles. The molecule has 0 aliphatic carbocycles. The van der Waals surface area contributed by atoms with Gasteiger partial charge in [-0.3, -0.25) is 9.78 Å². The van der Waals surface area contributed by atoms with Crippen LogP contribution in [0.3, 0.4) is 0 Å². The molecular weight excluding hydrogens is 236 g/mol. The fraction of sp³-hybridized carbons (Fsp3) is 0.250. The van der Waals surface area contributed by atoms with Gasteiger partial charge >= 0.3 is 0 Å². The highest BCUT2D eigenvalue weighted by atomic mass is 16.2. The summed E-state index contributed by atoms with van der Waals surface area (Å²) in [6.45, 7) is 5.18. The molecule has 1 unspecified atom stereocenters. The van der Waals surface area contributed by atoms with E-state index in [9.17, 15) is 4.79 Å². The van der Waals surface area contributed by atoms with Gasteiger partial charge in [0.25, 0.3) is 0 Å². The number of aromatic nitrogens is 1. The summed E-state index contributed by atoms with van der Waals surface area (Å²) in [5, 5.41) is 2.29. The van der Waals surface area contributed by atoms with Gasteiger partial charge in [0.05, 0.1) is 0 Å². The molecule has 0 spiro atoms. The van der Waals surface area contributed by atoms with Crippen molar-refractivity contribution < 1.29 is 4.79 Å². The van der Waals surface area contributed by atoms with Gasteiger partial charge in [-0.15, -0.1) is 6.58 Å². The minimum atomic E-state index is 0.206. The molecule has 1 fully saturated rings. The second kappa shape index (κ2) is 4.84. The third-order valence-corrected chi connectivity index (χ3v) is 3.69. The van der Waals surface area contributed by atoms with Gasteiger partial charge in [-0.1, -0.05) is 30.3 Å². The summed E-state index contributed by atoms with van der Waals surface area (Å²) in [6, 6.07) is 8.15. The first-order chi connectivity index (χ1) is 9.28. The number of likely N-dealkylation sites (tertiary alicyclic amines) is 1. The molecule has 1 aromatic heterocycles. The third kappa shape index (κ3) is 2.24. The Morgan fingerprint density at radius 2 is 2.21 bits per heavy atom. The highest BCUT2D eigenvalue weighted by Gasteiger charge is 2.27. The Balaban J connectivity index is 1.90. The van der Waals surface area contributed by atoms with E-state index in [1.54, 1.807) is 0 Å². The molecule has 1 amide bonds. The van der Waals surface area contributed by atoms with E-state index in [1.807, 2.05) is 41.6 Å². The smallest absolute Gasteiger partial charge is 0.223 e. The molecule has 3 heteroatoms. The summed E-state index contributed by atoms with van der Waals surface area (Å²) in [4.78, 5) is 18.1. The van der Waals surface area contributed by atoms with E-state index in [-0.39, 0.29) is 11.8 Å². The molecule has 0 bridgehead atoms. The molecule has 1 saturated heterocycles. The average molecular weight is 252 g/mol. The van der Waals surface area contributed by atoms with Crippen molar-refractivity contribution >= 4 is 16.7 Å². The van der Waals surface area contributed by atoms with E-state index in [2.05, 4.69) is 17.6 Å². The third-order valence-electron chi connectivity index (χ3n) is 3.69. The quantitative estimate of drug-likeness (QED) is 0.787. The van der Waals surface area contributed by atoms with Gasteiger partial charge in [-0.2, -0.15) is 0 Å². The summed E-state index contributed by atoms with van der Waals surface area (Å²) in [7, 11) is 0. The van der Waals surface area contributed by atoms with Crippen LogP contribution in [0.4, 0.5) is 0 Å². The summed E-state index contributed by atoms with van der Waals surface area (Å²) in [5.74, 6) is 0.494. The highest BCUT2D eigenvalue weighted by Crippen LogP contribution is 2.24. The summed E-state index contributed by atoms with van der Waals surface area (Å²) < 4.78 is 0. The summed E-state index contributed by atoms with van der Waals surface area (Å²) in [5.41, 5.74) is 1.11. The Morgan fingerprint density at radius 3 is 3.00 bits per heavy atom. The molecule has 19 heavy (non-hydrogen) atoms. The van der Waals surface area contributed by atoms with E-state index in [1.165, 1.54) is 5.39 Å². The first-order valence-corrected chi connectivity index (χ1v) is 6.50. The highest BCUT2D eigenvalue weighted by molar-refractivity contribution is 5.85. The minimum Gasteiger partial charge on any atom is -0.338 e. The summed E-state index contributed by atoms with van der Waals surface area (Å²) in [6.07, 6.45) is 6.18. The Kier molecular flexibility index (Phi) is 3.03. The predicted octanol–water partition coefficient (Wildman–Crippen LogP) is 2.77. The van der Waals surface area contributed by atoms with Gasteiger partial charge < -0.3 is 4.90 Å². The lowest BCUT2D eigenvalue weighted by Gasteiger charge is -2.17. The minimum absolute atomic E-state index is 0.206. The monoisotopic (exact) mass is 252 g/mol. The molecule has 1 atom stereocenters. The van der Waals surface area contributed by atoms with E-state index in [0.717, 1.165) is 17.5 Å². The number of carbonyl (C=O) groups is 1. The fourth-order valence-corrected chi connectivity index (χ4v) is 2.62. The maximum atomic E-state index is 11.9. The molecule has 2 aromatic rings. The first kappa shape index (κ1) is 11.9. The van der Waals surface area contributed by atoms with Gasteiger partial charge in [-0.05, 0) is 10.9 Å². The van der Waals surface area contributed by atoms with E-state index >= 15 is 0 Å². The molecule has 0 radical (unpaired) electrons. The number of benzene rings is 1. The number of nitrogens with zero attached hydrogens (tertiary/aromatic N) is 2. The van der Waals surface area contributed by atoms with Gasteiger partial charge in [0, 0.05) is 43.2 Å². The lowest BCUT2D eigenvalue weighted by molar-refractivity contribution is -0.128. The number of fused-ring (bicyclic) bond motifs is 1. The average Bonchev–Trinajstić information content (AvgIpc) is 2.80. The van der Waals surface area contributed by atoms with Crippen LogP contribution >= 0.6 is 0 Å². The van der Waals surface area contributed by atoms with Crippen molar-refractivity contribution in [1.82, 2.24) is 9.88 Å². The van der Waals surface area contributed by atoms with Crippen molar-refractivity contribution in [1.29, 1.82) is 0 Å². The van der Waals surface area contributed by atoms with E-state index in [4.69, 9.17) is 0 Å². The number of amides is 1. The van der Waals surface area contributed by atoms with Crippen molar-refractivity contribution in [3.05, 3.63) is 54.9 Å². The Bertz CT molecular complexity index is 630. The van der Waals surface area contributed by atoms with Crippen LogP contribution in [0.25, 0.3) is 10.8 Å². The number of hydrogen-bond acceptors (Lipinski definition) is 2. The molecule has 96 valence electrons. The fourth-order valence-electron chi connectivity index (χ4n) is 2.62. The standard InChI is InChI=1S/C16H16N2O/c1-2-12-7-16(19)18(10-12)11-14-9-17-8-13-5-3-4-6-15(13)14/h2-6,8-9,12H,1,7,10-11H2. The van der Waals surface area contributed by atoms with Gasteiger partial charge in [-0.25, -0.2) is 0 Å². The molecule has 1 aliphatic rings. The molecule has 3 nitrogen and oxygen atoms in total. The number of hydrogen-bond donors (Lipinski definition) is 0. The van der Waals surface area contributed by atoms with Gasteiger partial charge in [0.15, 0.2) is 0 Å². The normalized spacial score (nSPS) is 19.1. The molecule has 0 saturated carbocycles. The van der Waals surface area contributed by atoms with Crippen LogP contribution in [0.15, 0.2) is 49.3 Å². The zero-order valence-corrected chi connectivity index (χ0v) is 10.7. The second-order valence-electron chi connectivity index (χ2n) is 4.99. The zero-order valence-electron chi connectivity index (χ0n) is 10.7. The lowest BCUT2D eigenvalue weighted by atomic mass is 10.1. The van der Waals surface area contributed by atoms with Crippen molar-refractivity contribution in [3.8, 4) is 0 Å². The second-order valence-corrected chi connectivity index (χ2v) is 4.99. The van der Waals surface area contributed by atoms with Crippen molar-refractivity contribution in [3.63, 3.8) is 0 Å². The molecule has 1 aromatic carbocycles. The molecule has 0 N–H and O–H groups in total. The number of pyridine rings is 1. The van der Waals surface area contributed by atoms with Crippen LogP contribution in [-0.2, 0) is 11.3 Å². The number of carbonyl (C=O) groups excluding carboxylic acids is 1. The van der Waals surface area contributed by atoms with Crippen LogP contribution in [0, 0.1) is 5.92 Å². The van der Waals surface area contributed by atoms with E-state index < -0.39 is 0 Å². The largest absolute Gasteiger partial charge is 0.338 e. The van der Waals surface area contributed by atoms with Crippen LogP contribution in [-0.4, -0.2) is 22.3 Å². The van der Waals surface area contributed by atoms with Crippen LogP contribution in [0.2, 0.25) is 0 Å². The molecular formula is C16H16N2O. The Morgan fingerprint density at radius 1 is 1.37 bits per heavy atom. The lowest BCUT2D eigenvalue weighted by Crippen LogP contribution is -2.24. The zero-order chi connectivity index (χ0) is 13.2. The van der Waals surface area contributed by atoms with Crippen LogP contribution < -0.4 is 0 Å². The maximum absolute atomic E-state index is 11.9. The number of rotatable bonds is 3. The van der Waals surface area contributed by atoms with Crippen LogP contribution in [0.1, 0.15) is 12.0 Å². The maximum Gasteiger partial charge on any atom is 0.223 e. The molecule has 3 rings (SSSR count). The van der Waals surface area contributed by atoms with Gasteiger partial charge in [0.2, 0.25) is 5.91 Å². The Labute approximate surface area is 112 Å². The topological polar surface area (TPSA) is 33.2 Å². The van der Waals surface area contributed by atoms with Crippen LogP contribution in [0.5, 0.6) is 0 Å². The van der Waals surface area contributed by atoms with Crippen molar-refractivity contribution in [2.45, 2.75) is 13.0 Å². The van der Waals surface area contributed by atoms with Crippen molar-refractivity contribution in [2.75, 3.05) is 6.54 Å². The van der Waals surface area contributed by atoms with Gasteiger partial charge in [0.1, 0.15) is 0 Å². The van der Waals surface area contributed by atoms with E-state index in [0.29, 0.717) is 13.0 Å². The summed E-state index contributed by atoms with van der Waals surface area (Å²) >= 11 is 0. The SMILES string of the molecule is C=CC1CC(=O)N(Cc2cncc3ccccc23)C1. The molecule has 1 aliphatic heterocycles. The predicted molar refractivity (Wildman–Crippen MR) is 75.5 cm³/mol. The first-order valence-electron chi connectivity index (χ1n) is 6.50. The van der Waals surface area contributed by atoms with Crippen molar-refractivity contribution in [2.24, 2.45) is 5.92 Å². The Hall–Kier alpha value is -2.16.